The molecule has 0 spiro atoms. The van der Waals surface area contributed by atoms with Crippen LogP contribution in [-0.2, 0) is 6.42 Å². The zero-order valence-corrected chi connectivity index (χ0v) is 16.0. The number of aromatic nitrogens is 2. The van der Waals surface area contributed by atoms with E-state index in [0.717, 1.165) is 37.4 Å². The highest BCUT2D eigenvalue weighted by molar-refractivity contribution is 5.81. The van der Waals surface area contributed by atoms with Crippen LogP contribution in [0.5, 0.6) is 0 Å². The second-order valence-corrected chi connectivity index (χ2v) is 7.02. The van der Waals surface area contributed by atoms with Gasteiger partial charge in [0.05, 0.1) is 0 Å². The van der Waals surface area contributed by atoms with Gasteiger partial charge in [0, 0.05) is 56.6 Å². The third-order valence-electron chi connectivity index (χ3n) is 5.06. The number of nitrogens with zero attached hydrogens (tertiary/aromatic N) is 3. The topological polar surface area (TPSA) is 68.3 Å². The molecule has 0 bridgehead atoms. The van der Waals surface area contributed by atoms with Crippen LogP contribution in [0, 0.1) is 5.82 Å². The predicted molar refractivity (Wildman–Crippen MR) is 111 cm³/mol. The van der Waals surface area contributed by atoms with Crippen molar-refractivity contribution in [3.8, 4) is 0 Å². The Morgan fingerprint density at radius 1 is 1.32 bits per heavy atom. The van der Waals surface area contributed by atoms with Crippen LogP contribution in [0.1, 0.15) is 12.1 Å². The molecule has 0 radical (unpaired) electrons. The van der Waals surface area contributed by atoms with Gasteiger partial charge in [0.15, 0.2) is 17.6 Å². The van der Waals surface area contributed by atoms with E-state index in [1.807, 2.05) is 17.0 Å². The van der Waals surface area contributed by atoms with Crippen molar-refractivity contribution in [1.82, 2.24) is 20.6 Å². The van der Waals surface area contributed by atoms with Gasteiger partial charge in [0.1, 0.15) is 0 Å². The number of aromatic amines is 1. The Morgan fingerprint density at radius 2 is 2.21 bits per heavy atom. The molecule has 1 fully saturated rings. The number of para-hydroxylation sites is 1. The molecular weight excluding hydrogens is 355 g/mol. The van der Waals surface area contributed by atoms with E-state index < -0.39 is 0 Å². The smallest absolute Gasteiger partial charge is 0.191 e. The minimum Gasteiger partial charge on any atom is -0.358 e. The van der Waals surface area contributed by atoms with Crippen LogP contribution in [0.25, 0.3) is 10.9 Å². The van der Waals surface area contributed by atoms with Crippen LogP contribution >= 0.6 is 0 Å². The third-order valence-corrected chi connectivity index (χ3v) is 5.06. The molecule has 0 amide bonds. The van der Waals surface area contributed by atoms with Gasteiger partial charge in [-0.1, -0.05) is 18.2 Å². The fraction of sp³-hybridized carbons (Fsp3) is 0.333. The monoisotopic (exact) mass is 380 g/mol. The number of rotatable bonds is 5. The summed E-state index contributed by atoms with van der Waals surface area (Å²) < 4.78 is 13.9. The molecule has 6 nitrogen and oxygen atoms in total. The number of H-pyrrole nitrogens is 1. The van der Waals surface area contributed by atoms with E-state index in [4.69, 9.17) is 0 Å². The Hall–Kier alpha value is -3.09. The Bertz CT molecular complexity index is 933. The van der Waals surface area contributed by atoms with Gasteiger partial charge < -0.3 is 20.5 Å². The Kier molecular flexibility index (Phi) is 5.41. The summed E-state index contributed by atoms with van der Waals surface area (Å²) in [5.41, 5.74) is 2.36. The first kappa shape index (κ1) is 18.3. The summed E-state index contributed by atoms with van der Waals surface area (Å²) in [6.07, 6.45) is 3.42. The first-order chi connectivity index (χ1) is 13.7. The predicted octanol–water partition coefficient (Wildman–Crippen LogP) is 2.69. The van der Waals surface area contributed by atoms with Crippen LogP contribution in [0.15, 0.2) is 53.7 Å². The van der Waals surface area contributed by atoms with E-state index in [1.54, 1.807) is 19.3 Å². The largest absolute Gasteiger partial charge is 0.358 e. The minimum atomic E-state index is -0.274. The van der Waals surface area contributed by atoms with E-state index in [0.29, 0.717) is 12.4 Å². The van der Waals surface area contributed by atoms with Crippen molar-refractivity contribution in [2.75, 3.05) is 31.6 Å². The molecule has 3 N–H and O–H groups in total. The molecule has 1 aromatic carbocycles. The standard InChI is InChI=1S/C21H25FN6/c1-23-21(25-11-8-16-13-15-5-2-3-7-19(15)26-16)27-17-9-12-28(14-17)20-18(22)6-4-10-24-20/h2-7,10,13,17,26H,8-9,11-12,14H2,1H3,(H2,23,25,27). The molecule has 1 saturated heterocycles. The van der Waals surface area contributed by atoms with E-state index >= 15 is 0 Å². The second-order valence-electron chi connectivity index (χ2n) is 7.02. The molecule has 28 heavy (non-hydrogen) atoms. The average Bonchev–Trinajstić information content (AvgIpc) is 3.34. The first-order valence-corrected chi connectivity index (χ1v) is 9.62. The first-order valence-electron chi connectivity index (χ1n) is 9.62. The number of pyridine rings is 1. The molecule has 0 saturated carbocycles. The summed E-state index contributed by atoms with van der Waals surface area (Å²) in [6.45, 7) is 2.26. The number of nitrogens with one attached hydrogen (secondary N) is 3. The van der Waals surface area contributed by atoms with Crippen LogP contribution in [0.3, 0.4) is 0 Å². The maximum atomic E-state index is 13.9. The minimum absolute atomic E-state index is 0.209. The van der Waals surface area contributed by atoms with E-state index in [9.17, 15) is 4.39 Å². The molecule has 1 atom stereocenters. The summed E-state index contributed by atoms with van der Waals surface area (Å²) in [5.74, 6) is 0.919. The van der Waals surface area contributed by atoms with Gasteiger partial charge in [0.25, 0.3) is 0 Å². The van der Waals surface area contributed by atoms with Gasteiger partial charge in [-0.3, -0.25) is 4.99 Å². The van der Waals surface area contributed by atoms with Gasteiger partial charge in [-0.05, 0) is 36.1 Å². The maximum Gasteiger partial charge on any atom is 0.191 e. The number of guanidine groups is 1. The Morgan fingerprint density at radius 3 is 3.04 bits per heavy atom. The van der Waals surface area contributed by atoms with E-state index in [1.165, 1.54) is 17.1 Å². The van der Waals surface area contributed by atoms with Crippen LogP contribution < -0.4 is 15.5 Å². The quantitative estimate of drug-likeness (QED) is 0.470. The van der Waals surface area contributed by atoms with Gasteiger partial charge in [-0.2, -0.15) is 0 Å². The lowest BCUT2D eigenvalue weighted by Gasteiger charge is -2.19. The van der Waals surface area contributed by atoms with Crippen molar-refractivity contribution in [1.29, 1.82) is 0 Å². The molecule has 1 aliphatic rings. The average molecular weight is 380 g/mol. The lowest BCUT2D eigenvalue weighted by molar-refractivity contribution is 0.612. The van der Waals surface area contributed by atoms with Crippen molar-refractivity contribution in [3.05, 3.63) is 60.2 Å². The number of halogens is 1. The maximum absolute atomic E-state index is 13.9. The van der Waals surface area contributed by atoms with Gasteiger partial charge in [-0.15, -0.1) is 0 Å². The molecule has 7 heteroatoms. The fourth-order valence-electron chi connectivity index (χ4n) is 3.65. The summed E-state index contributed by atoms with van der Waals surface area (Å²) >= 11 is 0. The SMILES string of the molecule is CN=C(NCCc1cc2ccccc2[nH]1)NC1CCN(c2ncccc2F)C1. The molecule has 1 unspecified atom stereocenters. The van der Waals surface area contributed by atoms with Crippen molar-refractivity contribution in [2.24, 2.45) is 4.99 Å². The van der Waals surface area contributed by atoms with E-state index in [2.05, 4.69) is 43.8 Å². The van der Waals surface area contributed by atoms with Crippen LogP contribution in [0.4, 0.5) is 10.2 Å². The van der Waals surface area contributed by atoms with Crippen LogP contribution in [-0.4, -0.2) is 48.7 Å². The number of benzene rings is 1. The molecule has 3 aromatic rings. The number of anilines is 1. The highest BCUT2D eigenvalue weighted by Gasteiger charge is 2.25. The van der Waals surface area contributed by atoms with Gasteiger partial charge in [-0.25, -0.2) is 9.37 Å². The molecular formula is C21H25FN6. The van der Waals surface area contributed by atoms with Gasteiger partial charge >= 0.3 is 0 Å². The highest BCUT2D eigenvalue weighted by Crippen LogP contribution is 2.20. The zero-order chi connectivity index (χ0) is 19.3. The van der Waals surface area contributed by atoms with Crippen molar-refractivity contribution in [2.45, 2.75) is 18.9 Å². The summed E-state index contributed by atoms with van der Waals surface area (Å²) in [6, 6.07) is 13.7. The Labute approximate surface area is 163 Å². The molecule has 146 valence electrons. The van der Waals surface area contributed by atoms with Crippen molar-refractivity contribution >= 4 is 22.7 Å². The fourth-order valence-corrected chi connectivity index (χ4v) is 3.65. The lowest BCUT2D eigenvalue weighted by atomic mass is 10.2. The lowest BCUT2D eigenvalue weighted by Crippen LogP contribution is -2.45. The highest BCUT2D eigenvalue weighted by atomic mass is 19.1. The van der Waals surface area contributed by atoms with Gasteiger partial charge in [0.2, 0.25) is 0 Å². The van der Waals surface area contributed by atoms with E-state index in [-0.39, 0.29) is 11.9 Å². The number of aliphatic imine (C=N–C) groups is 1. The summed E-state index contributed by atoms with van der Waals surface area (Å²) in [7, 11) is 1.77. The molecule has 4 rings (SSSR count). The summed E-state index contributed by atoms with van der Waals surface area (Å²) in [4.78, 5) is 13.9. The number of hydrogen-bond acceptors (Lipinski definition) is 3. The molecule has 2 aromatic heterocycles. The molecule has 0 aliphatic carbocycles. The Balaban J connectivity index is 1.27. The molecule has 3 heterocycles. The normalized spacial score (nSPS) is 17.3. The summed E-state index contributed by atoms with van der Waals surface area (Å²) in [5, 5.41) is 8.03. The third kappa shape index (κ3) is 4.08. The number of hydrogen-bond donors (Lipinski definition) is 3. The van der Waals surface area contributed by atoms with Crippen molar-refractivity contribution < 1.29 is 4.39 Å². The second kappa shape index (κ2) is 8.29. The van der Waals surface area contributed by atoms with Crippen molar-refractivity contribution in [3.63, 3.8) is 0 Å². The van der Waals surface area contributed by atoms with Crippen LogP contribution in [0.2, 0.25) is 0 Å². The number of fused-ring (bicyclic) bond motifs is 1. The molecule has 1 aliphatic heterocycles. The zero-order valence-electron chi connectivity index (χ0n) is 16.0.